The van der Waals surface area contributed by atoms with Crippen molar-refractivity contribution in [1.82, 2.24) is 9.55 Å². The highest BCUT2D eigenvalue weighted by Gasteiger charge is 2.28. The summed E-state index contributed by atoms with van der Waals surface area (Å²) in [6, 6.07) is 18.8. The minimum atomic E-state index is -0.648. The normalized spacial score (nSPS) is 13.9. The predicted molar refractivity (Wildman–Crippen MR) is 148 cm³/mol. The first-order valence-corrected chi connectivity index (χ1v) is 13.0. The minimum absolute atomic E-state index is 0.0620. The fraction of sp³-hybridized carbons (Fsp3) is 0.259. The molecule has 0 atom stereocenters. The Labute approximate surface area is 223 Å². The summed E-state index contributed by atoms with van der Waals surface area (Å²) < 4.78 is 17.9. The molecule has 10 nitrogen and oxygen atoms in total. The highest BCUT2D eigenvalue weighted by Crippen LogP contribution is 2.37. The average molecular weight is 534 g/mol. The highest BCUT2D eigenvalue weighted by molar-refractivity contribution is 7.22. The van der Waals surface area contributed by atoms with Gasteiger partial charge in [0.05, 0.1) is 38.0 Å². The van der Waals surface area contributed by atoms with Crippen molar-refractivity contribution in [2.45, 2.75) is 6.92 Å². The van der Waals surface area contributed by atoms with Crippen LogP contribution >= 0.6 is 11.3 Å². The van der Waals surface area contributed by atoms with Crippen LogP contribution in [0.2, 0.25) is 0 Å². The first-order chi connectivity index (χ1) is 18.6. The number of aromatic nitrogens is 2. The lowest BCUT2D eigenvalue weighted by Crippen LogP contribution is -2.40. The van der Waals surface area contributed by atoms with Crippen LogP contribution in [0.15, 0.2) is 70.5 Å². The number of nitrogens with one attached hydrogen (secondary N) is 1. The molecule has 1 saturated heterocycles. The summed E-state index contributed by atoms with van der Waals surface area (Å²) in [5.74, 6) is -0.163. The van der Waals surface area contributed by atoms with Crippen molar-refractivity contribution in [3.63, 3.8) is 0 Å². The van der Waals surface area contributed by atoms with Gasteiger partial charge in [-0.15, -0.1) is 0 Å². The van der Waals surface area contributed by atoms with E-state index in [0.717, 1.165) is 17.0 Å². The largest absolute Gasteiger partial charge is 0.468 e. The Balaban J connectivity index is 1.74. The van der Waals surface area contributed by atoms with Crippen molar-refractivity contribution in [1.29, 1.82) is 0 Å². The van der Waals surface area contributed by atoms with E-state index >= 15 is 0 Å². The number of anilines is 2. The van der Waals surface area contributed by atoms with Gasteiger partial charge in [-0.2, -0.15) is 4.99 Å². The van der Waals surface area contributed by atoms with E-state index in [4.69, 9.17) is 19.2 Å². The van der Waals surface area contributed by atoms with Crippen LogP contribution in [-0.4, -0.2) is 61.6 Å². The second-order valence-electron chi connectivity index (χ2n) is 8.28. The molecular weight excluding hydrogens is 506 g/mol. The fourth-order valence-electron chi connectivity index (χ4n) is 4.15. The monoisotopic (exact) mass is 533 g/mol. The molecule has 1 fully saturated rings. The number of hydrogen-bond acceptors (Lipinski definition) is 9. The van der Waals surface area contributed by atoms with Gasteiger partial charge in [0.15, 0.2) is 0 Å². The zero-order chi connectivity index (χ0) is 26.5. The molecule has 0 amide bonds. The second kappa shape index (κ2) is 11.4. The summed E-state index contributed by atoms with van der Waals surface area (Å²) in [6.07, 6.45) is 0. The third kappa shape index (κ3) is 5.11. The first-order valence-electron chi connectivity index (χ1n) is 12.2. The van der Waals surface area contributed by atoms with Crippen molar-refractivity contribution >= 4 is 50.2 Å². The molecule has 0 spiro atoms. The molecule has 0 unspecified atom stereocenters. The van der Waals surface area contributed by atoms with Crippen LogP contribution < -0.4 is 15.8 Å². The molecule has 2 aromatic carbocycles. The molecule has 1 aliphatic rings. The molecule has 5 rings (SSSR count). The van der Waals surface area contributed by atoms with E-state index in [2.05, 4.69) is 10.3 Å². The quantitative estimate of drug-likeness (QED) is 0.223. The number of methoxy groups -OCH3 is 1. The number of ether oxygens (including phenoxy) is 3. The number of carbonyl (C=O) groups excluding carboxylic acids is 1. The third-order valence-corrected chi connectivity index (χ3v) is 6.88. The molecule has 38 heavy (non-hydrogen) atoms. The Kier molecular flexibility index (Phi) is 7.66. The summed E-state index contributed by atoms with van der Waals surface area (Å²) in [6.45, 7) is 4.08. The molecular formula is C27H27N5O5S. The van der Waals surface area contributed by atoms with Crippen molar-refractivity contribution in [2.24, 2.45) is 4.99 Å². The number of benzene rings is 2. The van der Waals surface area contributed by atoms with E-state index in [1.807, 2.05) is 65.6 Å². The zero-order valence-electron chi connectivity index (χ0n) is 21.0. The van der Waals surface area contributed by atoms with Gasteiger partial charge in [0.25, 0.3) is 11.6 Å². The van der Waals surface area contributed by atoms with Crippen LogP contribution in [0.1, 0.15) is 17.3 Å². The van der Waals surface area contributed by atoms with Gasteiger partial charge in [-0.3, -0.25) is 4.79 Å². The van der Waals surface area contributed by atoms with E-state index < -0.39 is 5.97 Å². The van der Waals surface area contributed by atoms with E-state index in [1.54, 1.807) is 6.92 Å². The van der Waals surface area contributed by atoms with Gasteiger partial charge in [-0.05, 0) is 31.2 Å². The summed E-state index contributed by atoms with van der Waals surface area (Å²) in [4.78, 5) is 39.2. The maximum absolute atomic E-state index is 14.2. The Hall–Kier alpha value is -4.22. The SMILES string of the molecule is CCOC(=O)c1c(/N=C(/Nc2ccccc2)OC)sc2nc(N3CCOCC3)n(-c3ccccc3)c(=O)c12. The maximum atomic E-state index is 14.2. The van der Waals surface area contributed by atoms with Gasteiger partial charge < -0.3 is 24.4 Å². The zero-order valence-corrected chi connectivity index (χ0v) is 21.9. The van der Waals surface area contributed by atoms with Crippen LogP contribution in [0.5, 0.6) is 0 Å². The molecule has 11 heteroatoms. The van der Waals surface area contributed by atoms with E-state index in [1.165, 1.54) is 11.7 Å². The Morgan fingerprint density at radius 2 is 1.79 bits per heavy atom. The summed E-state index contributed by atoms with van der Waals surface area (Å²) in [5, 5.41) is 3.51. The van der Waals surface area contributed by atoms with Crippen molar-refractivity contribution in [3.8, 4) is 5.69 Å². The summed E-state index contributed by atoms with van der Waals surface area (Å²) in [5.41, 5.74) is 1.08. The van der Waals surface area contributed by atoms with Gasteiger partial charge in [-0.25, -0.2) is 14.3 Å². The molecule has 196 valence electrons. The van der Waals surface area contributed by atoms with Crippen molar-refractivity contribution in [2.75, 3.05) is 50.2 Å². The number of morpholine rings is 1. The molecule has 0 radical (unpaired) electrons. The molecule has 1 aliphatic heterocycles. The number of aliphatic imine (C=N–C) groups is 1. The predicted octanol–water partition coefficient (Wildman–Crippen LogP) is 4.21. The number of hydrogen-bond donors (Lipinski definition) is 1. The third-order valence-electron chi connectivity index (χ3n) is 5.90. The molecule has 0 saturated carbocycles. The number of fused-ring (bicyclic) bond motifs is 1. The molecule has 4 aromatic rings. The van der Waals surface area contributed by atoms with E-state index in [9.17, 15) is 9.59 Å². The molecule has 0 aliphatic carbocycles. The van der Waals surface area contributed by atoms with Crippen LogP contribution in [0.4, 0.5) is 16.6 Å². The number of nitrogens with zero attached hydrogens (tertiary/aromatic N) is 4. The lowest BCUT2D eigenvalue weighted by atomic mass is 10.2. The van der Waals surface area contributed by atoms with Gasteiger partial charge in [0.2, 0.25) is 5.95 Å². The maximum Gasteiger partial charge on any atom is 0.342 e. The van der Waals surface area contributed by atoms with Gasteiger partial charge in [0.1, 0.15) is 15.4 Å². The smallest absolute Gasteiger partial charge is 0.342 e. The van der Waals surface area contributed by atoms with E-state index in [-0.39, 0.29) is 34.1 Å². The topological polar surface area (TPSA) is 107 Å². The van der Waals surface area contributed by atoms with Gasteiger partial charge in [-0.1, -0.05) is 47.7 Å². The Bertz CT molecular complexity index is 1510. The van der Waals surface area contributed by atoms with Crippen LogP contribution in [0, 0.1) is 0 Å². The number of rotatable bonds is 6. The summed E-state index contributed by atoms with van der Waals surface area (Å²) in [7, 11) is 1.48. The Morgan fingerprint density at radius 3 is 2.45 bits per heavy atom. The second-order valence-corrected chi connectivity index (χ2v) is 9.26. The number of carbonyl (C=O) groups is 1. The highest BCUT2D eigenvalue weighted by atomic mass is 32.1. The number of amidine groups is 1. The molecule has 3 heterocycles. The average Bonchev–Trinajstić information content (AvgIpc) is 3.32. The Morgan fingerprint density at radius 1 is 1.11 bits per heavy atom. The first kappa shape index (κ1) is 25.4. The molecule has 2 aromatic heterocycles. The van der Waals surface area contributed by atoms with Gasteiger partial charge in [0, 0.05) is 18.8 Å². The van der Waals surface area contributed by atoms with Gasteiger partial charge >= 0.3 is 5.97 Å². The molecule has 1 N–H and O–H groups in total. The standard InChI is InChI=1S/C27H27N5O5S/c1-3-37-25(34)21-20-22(38-23(21)29-26(35-2)28-18-10-6-4-7-11-18)30-27(31-14-16-36-17-15-31)32(24(20)33)19-12-8-5-9-13-19/h4-13H,3,14-17H2,1-2H3,(H,28,29). The van der Waals surface area contributed by atoms with Crippen LogP contribution in [0.3, 0.4) is 0 Å². The lowest BCUT2D eigenvalue weighted by molar-refractivity contribution is 0.0530. The number of esters is 1. The van der Waals surface area contributed by atoms with Crippen molar-refractivity contribution in [3.05, 3.63) is 76.6 Å². The van der Waals surface area contributed by atoms with Crippen LogP contribution in [-0.2, 0) is 14.2 Å². The van der Waals surface area contributed by atoms with Crippen LogP contribution in [0.25, 0.3) is 15.9 Å². The van der Waals surface area contributed by atoms with Crippen molar-refractivity contribution < 1.29 is 19.0 Å². The summed E-state index contributed by atoms with van der Waals surface area (Å²) >= 11 is 1.14. The minimum Gasteiger partial charge on any atom is -0.468 e. The number of para-hydroxylation sites is 2. The lowest BCUT2D eigenvalue weighted by Gasteiger charge is -2.29. The van der Waals surface area contributed by atoms with E-state index in [0.29, 0.717) is 42.8 Å². The fourth-order valence-corrected chi connectivity index (χ4v) is 5.16. The number of thiophene rings is 1. The molecule has 0 bridgehead atoms.